The molecule has 0 aromatic carbocycles. The average Bonchev–Trinajstić information content (AvgIpc) is 2.96. The van der Waals surface area contributed by atoms with Gasteiger partial charge in [-0.05, 0) is 38.5 Å². The van der Waals surface area contributed by atoms with Gasteiger partial charge in [0.2, 0.25) is 0 Å². The molecule has 17 heavy (non-hydrogen) atoms. The molecule has 0 amide bonds. The lowest BCUT2D eigenvalue weighted by Gasteiger charge is -2.12. The quantitative estimate of drug-likeness (QED) is 0.417. The number of allylic oxidation sites excluding steroid dienone is 2. The molecule has 0 aromatic heterocycles. The fourth-order valence-electron chi connectivity index (χ4n) is 3.18. The molecule has 2 aliphatic rings. The first-order valence-electron chi connectivity index (χ1n) is 5.82. The van der Waals surface area contributed by atoms with Crippen LogP contribution in [0, 0.1) is 17.3 Å². The first-order chi connectivity index (χ1) is 7.99. The molecule has 0 bridgehead atoms. The first kappa shape index (κ1) is 12.1. The van der Waals surface area contributed by atoms with Crippen molar-refractivity contribution in [2.75, 3.05) is 14.2 Å². The van der Waals surface area contributed by atoms with Gasteiger partial charge in [-0.25, -0.2) is 0 Å². The van der Waals surface area contributed by atoms with E-state index in [1.165, 1.54) is 25.4 Å². The molecule has 1 fully saturated rings. The first-order valence-corrected chi connectivity index (χ1v) is 5.82. The molecular formula is C13H18O4. The largest absolute Gasteiger partial charge is 0.468 e. The number of rotatable bonds is 2. The molecule has 0 saturated heterocycles. The zero-order valence-electron chi connectivity index (χ0n) is 10.7. The van der Waals surface area contributed by atoms with E-state index in [-0.39, 0.29) is 11.8 Å². The van der Waals surface area contributed by atoms with Gasteiger partial charge in [0.25, 0.3) is 0 Å². The number of carbonyl (C=O) groups is 2. The van der Waals surface area contributed by atoms with Crippen LogP contribution in [0.5, 0.6) is 0 Å². The molecule has 0 radical (unpaired) electrons. The topological polar surface area (TPSA) is 52.6 Å². The van der Waals surface area contributed by atoms with Crippen molar-refractivity contribution < 1.29 is 19.1 Å². The van der Waals surface area contributed by atoms with Crippen molar-refractivity contribution in [2.45, 2.75) is 26.7 Å². The molecule has 2 atom stereocenters. The predicted octanol–water partition coefficient (Wildman–Crippen LogP) is 1.69. The van der Waals surface area contributed by atoms with E-state index >= 15 is 0 Å². The van der Waals surface area contributed by atoms with Crippen molar-refractivity contribution in [3.63, 3.8) is 0 Å². The second kappa shape index (κ2) is 3.86. The number of fused-ring (bicyclic) bond motifs is 1. The van der Waals surface area contributed by atoms with E-state index < -0.39 is 17.4 Å². The van der Waals surface area contributed by atoms with Crippen molar-refractivity contribution in [3.05, 3.63) is 11.1 Å². The maximum Gasteiger partial charge on any atom is 0.323 e. The van der Waals surface area contributed by atoms with Crippen LogP contribution < -0.4 is 0 Å². The third-order valence-corrected chi connectivity index (χ3v) is 4.37. The molecule has 2 aliphatic carbocycles. The van der Waals surface area contributed by atoms with Crippen LogP contribution in [0.25, 0.3) is 0 Å². The third kappa shape index (κ3) is 1.43. The Balaban J connectivity index is 2.31. The van der Waals surface area contributed by atoms with Crippen LogP contribution in [-0.2, 0) is 19.1 Å². The van der Waals surface area contributed by atoms with E-state index in [4.69, 9.17) is 9.47 Å². The van der Waals surface area contributed by atoms with Gasteiger partial charge in [-0.3, -0.25) is 9.59 Å². The SMILES string of the molecule is COC(=O)C1(C(=O)OC)[C@@H]2CC(C)=C(C)C[C@H]21. The lowest BCUT2D eigenvalue weighted by molar-refractivity contribution is -0.162. The van der Waals surface area contributed by atoms with Crippen molar-refractivity contribution >= 4 is 11.9 Å². The Morgan fingerprint density at radius 3 is 1.65 bits per heavy atom. The summed E-state index contributed by atoms with van der Waals surface area (Å²) in [6.07, 6.45) is 1.58. The molecule has 0 N–H and O–H groups in total. The van der Waals surface area contributed by atoms with E-state index in [9.17, 15) is 9.59 Å². The number of hydrogen-bond donors (Lipinski definition) is 0. The maximum atomic E-state index is 11.9. The van der Waals surface area contributed by atoms with Crippen LogP contribution in [-0.4, -0.2) is 26.2 Å². The summed E-state index contributed by atoms with van der Waals surface area (Å²) in [5, 5.41) is 0. The van der Waals surface area contributed by atoms with E-state index in [0.29, 0.717) is 0 Å². The summed E-state index contributed by atoms with van der Waals surface area (Å²) >= 11 is 0. The molecule has 4 heteroatoms. The van der Waals surface area contributed by atoms with E-state index in [2.05, 4.69) is 13.8 Å². The Hall–Kier alpha value is -1.32. The smallest absolute Gasteiger partial charge is 0.323 e. The fraction of sp³-hybridized carbons (Fsp3) is 0.692. The van der Waals surface area contributed by atoms with Gasteiger partial charge in [0.15, 0.2) is 5.41 Å². The Labute approximate surface area is 101 Å². The van der Waals surface area contributed by atoms with E-state index in [1.807, 2.05) is 0 Å². The molecule has 0 unspecified atom stereocenters. The molecule has 4 nitrogen and oxygen atoms in total. The second-order valence-corrected chi connectivity index (χ2v) is 5.03. The maximum absolute atomic E-state index is 11.9. The second-order valence-electron chi connectivity index (χ2n) is 5.03. The summed E-state index contributed by atoms with van der Waals surface area (Å²) in [4.78, 5) is 23.9. The standard InChI is InChI=1S/C13H18O4/c1-7-5-9-10(6-8(7)2)13(9,11(14)16-3)12(15)17-4/h9-10H,5-6H2,1-4H3/t9-,10-/m1/s1. The Morgan fingerprint density at radius 1 is 1.00 bits per heavy atom. The Bertz CT molecular complexity index is 370. The monoisotopic (exact) mass is 238 g/mol. The molecule has 0 heterocycles. The highest BCUT2D eigenvalue weighted by Gasteiger charge is 2.76. The molecule has 0 aliphatic heterocycles. The highest BCUT2D eigenvalue weighted by atomic mass is 16.5. The van der Waals surface area contributed by atoms with Crippen LogP contribution >= 0.6 is 0 Å². The van der Waals surface area contributed by atoms with Crippen molar-refractivity contribution in [3.8, 4) is 0 Å². The summed E-state index contributed by atoms with van der Waals surface area (Å²) < 4.78 is 9.61. The van der Waals surface area contributed by atoms with Crippen LogP contribution in [0.15, 0.2) is 11.1 Å². The number of esters is 2. The summed E-state index contributed by atoms with van der Waals surface area (Å²) in [6.45, 7) is 4.12. The molecule has 1 saturated carbocycles. The molecule has 2 rings (SSSR count). The third-order valence-electron chi connectivity index (χ3n) is 4.37. The van der Waals surface area contributed by atoms with Gasteiger partial charge in [-0.2, -0.15) is 0 Å². The summed E-state index contributed by atoms with van der Waals surface area (Å²) in [5.74, 6) is -0.763. The van der Waals surface area contributed by atoms with E-state index in [1.54, 1.807) is 0 Å². The Morgan fingerprint density at radius 2 is 1.35 bits per heavy atom. The van der Waals surface area contributed by atoms with Crippen LogP contribution in [0.1, 0.15) is 26.7 Å². The van der Waals surface area contributed by atoms with Gasteiger partial charge in [-0.15, -0.1) is 0 Å². The molecule has 0 spiro atoms. The summed E-state index contributed by atoms with van der Waals surface area (Å²) in [6, 6.07) is 0. The van der Waals surface area contributed by atoms with E-state index in [0.717, 1.165) is 12.8 Å². The van der Waals surface area contributed by atoms with Crippen molar-refractivity contribution in [2.24, 2.45) is 17.3 Å². The number of ether oxygens (including phenoxy) is 2. The highest BCUT2D eigenvalue weighted by Crippen LogP contribution is 2.67. The zero-order chi connectivity index (χ0) is 12.8. The van der Waals surface area contributed by atoms with Gasteiger partial charge in [-0.1, -0.05) is 11.1 Å². The predicted molar refractivity (Wildman–Crippen MR) is 61.1 cm³/mol. The van der Waals surface area contributed by atoms with Gasteiger partial charge < -0.3 is 9.47 Å². The minimum absolute atomic E-state index is 0.0612. The summed E-state index contributed by atoms with van der Waals surface area (Å²) in [5.41, 5.74) is 1.52. The van der Waals surface area contributed by atoms with Gasteiger partial charge in [0.1, 0.15) is 0 Å². The lowest BCUT2D eigenvalue weighted by atomic mass is 9.94. The number of carbonyl (C=O) groups excluding carboxylic acids is 2. The van der Waals surface area contributed by atoms with Crippen LogP contribution in [0.2, 0.25) is 0 Å². The lowest BCUT2D eigenvalue weighted by Crippen LogP contribution is -2.31. The minimum atomic E-state index is -1.04. The molecule has 94 valence electrons. The zero-order valence-corrected chi connectivity index (χ0v) is 10.7. The molecule has 0 aromatic rings. The number of methoxy groups -OCH3 is 2. The highest BCUT2D eigenvalue weighted by molar-refractivity contribution is 6.04. The van der Waals surface area contributed by atoms with Gasteiger partial charge in [0.05, 0.1) is 14.2 Å². The fourth-order valence-corrected chi connectivity index (χ4v) is 3.18. The van der Waals surface area contributed by atoms with Gasteiger partial charge in [0, 0.05) is 0 Å². The average molecular weight is 238 g/mol. The van der Waals surface area contributed by atoms with Crippen molar-refractivity contribution in [1.29, 1.82) is 0 Å². The van der Waals surface area contributed by atoms with Crippen LogP contribution in [0.3, 0.4) is 0 Å². The minimum Gasteiger partial charge on any atom is -0.468 e. The summed E-state index contributed by atoms with van der Waals surface area (Å²) in [7, 11) is 2.65. The Kier molecular flexibility index (Phi) is 2.76. The van der Waals surface area contributed by atoms with Crippen LogP contribution in [0.4, 0.5) is 0 Å². The number of hydrogen-bond acceptors (Lipinski definition) is 4. The van der Waals surface area contributed by atoms with Gasteiger partial charge >= 0.3 is 11.9 Å². The van der Waals surface area contributed by atoms with Crippen molar-refractivity contribution in [1.82, 2.24) is 0 Å². The normalized spacial score (nSPS) is 29.4. The molecular weight excluding hydrogens is 220 g/mol.